The molecule has 0 unspecified atom stereocenters. The van der Waals surface area contributed by atoms with E-state index in [0.29, 0.717) is 56.2 Å². The van der Waals surface area contributed by atoms with E-state index in [4.69, 9.17) is 9.47 Å². The highest BCUT2D eigenvalue weighted by atomic mass is 16.5. The molecule has 1 heterocycles. The van der Waals surface area contributed by atoms with Crippen LogP contribution in [0.5, 0.6) is 5.75 Å². The van der Waals surface area contributed by atoms with Crippen LogP contribution in [0.25, 0.3) is 5.57 Å². The summed E-state index contributed by atoms with van der Waals surface area (Å²) in [7, 11) is 1.85. The van der Waals surface area contributed by atoms with Crippen LogP contribution in [0.3, 0.4) is 0 Å². The predicted molar refractivity (Wildman–Crippen MR) is 120 cm³/mol. The Labute approximate surface area is 184 Å². The third-order valence-corrected chi connectivity index (χ3v) is 5.12. The fourth-order valence-electron chi connectivity index (χ4n) is 3.67. The predicted octanol–water partition coefficient (Wildman–Crippen LogP) is 3.72. The van der Waals surface area contributed by atoms with Gasteiger partial charge in [0.2, 0.25) is 0 Å². The lowest BCUT2D eigenvalue weighted by atomic mass is 10.0. The monoisotopic (exact) mass is 422 g/mol. The van der Waals surface area contributed by atoms with E-state index in [-0.39, 0.29) is 11.8 Å². The van der Waals surface area contributed by atoms with Crippen LogP contribution in [0.15, 0.2) is 60.3 Å². The number of hydrogen-bond acceptors (Lipinski definition) is 5. The molecule has 0 aliphatic carbocycles. The largest absolute Gasteiger partial charge is 0.494 e. The summed E-state index contributed by atoms with van der Waals surface area (Å²) in [6, 6.07) is 17.2. The van der Waals surface area contributed by atoms with Crippen LogP contribution in [0.4, 0.5) is 0 Å². The smallest absolute Gasteiger partial charge is 0.277 e. The van der Waals surface area contributed by atoms with E-state index in [1.165, 1.54) is 4.90 Å². The van der Waals surface area contributed by atoms with E-state index in [1.54, 1.807) is 0 Å². The minimum Gasteiger partial charge on any atom is -0.494 e. The van der Waals surface area contributed by atoms with Gasteiger partial charge in [-0.25, -0.2) is 0 Å². The number of rotatable bonds is 11. The number of carbonyl (C=O) groups is 2. The molecule has 0 fully saturated rings. The second-order valence-corrected chi connectivity index (χ2v) is 7.34. The fourth-order valence-corrected chi connectivity index (χ4v) is 3.67. The highest BCUT2D eigenvalue weighted by molar-refractivity contribution is 6.35. The highest BCUT2D eigenvalue weighted by Crippen LogP contribution is 2.32. The van der Waals surface area contributed by atoms with Crippen molar-refractivity contribution in [3.8, 4) is 5.75 Å². The third kappa shape index (κ3) is 5.33. The zero-order chi connectivity index (χ0) is 22.2. The Bertz CT molecular complexity index is 922. The third-order valence-electron chi connectivity index (χ3n) is 5.12. The molecule has 164 valence electrons. The minimum absolute atomic E-state index is 0.260. The van der Waals surface area contributed by atoms with Crippen molar-refractivity contribution in [1.29, 1.82) is 0 Å². The molecule has 2 aromatic carbocycles. The molecular formula is C25H30N2O4. The van der Waals surface area contributed by atoms with Gasteiger partial charge < -0.3 is 14.4 Å². The van der Waals surface area contributed by atoms with Crippen molar-refractivity contribution < 1.29 is 19.1 Å². The zero-order valence-electron chi connectivity index (χ0n) is 18.5. The Morgan fingerprint density at radius 1 is 0.903 bits per heavy atom. The van der Waals surface area contributed by atoms with Crippen molar-refractivity contribution in [3.05, 3.63) is 71.4 Å². The minimum atomic E-state index is -0.263. The van der Waals surface area contributed by atoms with E-state index < -0.39 is 0 Å². The summed E-state index contributed by atoms with van der Waals surface area (Å²) in [5, 5.41) is 0. The second kappa shape index (κ2) is 10.8. The molecule has 2 aromatic rings. The van der Waals surface area contributed by atoms with Crippen molar-refractivity contribution in [1.82, 2.24) is 9.80 Å². The number of ether oxygens (including phenoxy) is 2. The van der Waals surface area contributed by atoms with Crippen molar-refractivity contribution in [2.24, 2.45) is 0 Å². The molecule has 0 N–H and O–H groups in total. The van der Waals surface area contributed by atoms with Gasteiger partial charge in [0.15, 0.2) is 0 Å². The SMILES string of the molecule is CCOCCCN1C(=O)C(c2ccc(OCC)cc2)=C(N(C)Cc2ccccc2)C1=O. The Balaban J connectivity index is 1.91. The van der Waals surface area contributed by atoms with Gasteiger partial charge >= 0.3 is 0 Å². The van der Waals surface area contributed by atoms with Gasteiger partial charge in [-0.15, -0.1) is 0 Å². The topological polar surface area (TPSA) is 59.1 Å². The molecule has 0 aromatic heterocycles. The van der Waals surface area contributed by atoms with E-state index in [1.807, 2.05) is 80.4 Å². The number of likely N-dealkylation sites (N-methyl/N-ethyl adjacent to an activating group) is 1. The van der Waals surface area contributed by atoms with E-state index in [0.717, 1.165) is 11.3 Å². The Kier molecular flexibility index (Phi) is 7.84. The fraction of sp³-hybridized carbons (Fsp3) is 0.360. The van der Waals surface area contributed by atoms with Gasteiger partial charge in [0.1, 0.15) is 11.4 Å². The van der Waals surface area contributed by atoms with Crippen molar-refractivity contribution >= 4 is 17.4 Å². The van der Waals surface area contributed by atoms with Gasteiger partial charge in [0.25, 0.3) is 11.8 Å². The van der Waals surface area contributed by atoms with Gasteiger partial charge in [-0.05, 0) is 43.5 Å². The van der Waals surface area contributed by atoms with Crippen molar-refractivity contribution in [2.45, 2.75) is 26.8 Å². The number of imide groups is 1. The number of benzene rings is 2. The van der Waals surface area contributed by atoms with E-state index >= 15 is 0 Å². The summed E-state index contributed by atoms with van der Waals surface area (Å²) in [6.07, 6.45) is 0.609. The lowest BCUT2D eigenvalue weighted by Crippen LogP contribution is -2.35. The average molecular weight is 423 g/mol. The van der Waals surface area contributed by atoms with Crippen LogP contribution in [0.2, 0.25) is 0 Å². The van der Waals surface area contributed by atoms with Crippen LogP contribution < -0.4 is 4.74 Å². The normalized spacial score (nSPS) is 13.8. The average Bonchev–Trinajstić information content (AvgIpc) is 3.03. The van der Waals surface area contributed by atoms with Gasteiger partial charge in [0.05, 0.1) is 12.2 Å². The molecule has 0 saturated carbocycles. The van der Waals surface area contributed by atoms with Crippen LogP contribution in [0, 0.1) is 0 Å². The van der Waals surface area contributed by atoms with Gasteiger partial charge in [0, 0.05) is 33.4 Å². The van der Waals surface area contributed by atoms with Gasteiger partial charge in [-0.3, -0.25) is 14.5 Å². The molecule has 31 heavy (non-hydrogen) atoms. The summed E-state index contributed by atoms with van der Waals surface area (Å²) < 4.78 is 10.9. The lowest BCUT2D eigenvalue weighted by Gasteiger charge is -2.21. The van der Waals surface area contributed by atoms with E-state index in [2.05, 4.69) is 0 Å². The van der Waals surface area contributed by atoms with Gasteiger partial charge in [-0.1, -0.05) is 42.5 Å². The number of amides is 2. The molecule has 3 rings (SSSR count). The summed E-state index contributed by atoms with van der Waals surface area (Å²) in [5.41, 5.74) is 2.64. The molecule has 2 amide bonds. The molecule has 0 spiro atoms. The van der Waals surface area contributed by atoms with Crippen LogP contribution in [-0.2, 0) is 20.9 Å². The first-order valence-corrected chi connectivity index (χ1v) is 10.7. The maximum Gasteiger partial charge on any atom is 0.277 e. The first-order valence-electron chi connectivity index (χ1n) is 10.7. The Hall–Kier alpha value is -3.12. The first-order chi connectivity index (χ1) is 15.1. The number of hydrogen-bond donors (Lipinski definition) is 0. The molecule has 1 aliphatic heterocycles. The second-order valence-electron chi connectivity index (χ2n) is 7.34. The molecule has 6 heteroatoms. The maximum absolute atomic E-state index is 13.3. The standard InChI is InChI=1S/C25H30N2O4/c1-4-30-17-9-16-27-24(28)22(20-12-14-21(15-13-20)31-5-2)23(25(27)29)26(3)18-19-10-7-6-8-11-19/h6-8,10-15H,4-5,9,16-18H2,1-3H3. The maximum atomic E-state index is 13.3. The molecule has 0 saturated heterocycles. The van der Waals surface area contributed by atoms with Crippen LogP contribution >= 0.6 is 0 Å². The summed E-state index contributed by atoms with van der Waals surface area (Å²) in [4.78, 5) is 29.8. The zero-order valence-corrected chi connectivity index (χ0v) is 18.5. The van der Waals surface area contributed by atoms with E-state index in [9.17, 15) is 9.59 Å². The van der Waals surface area contributed by atoms with Crippen LogP contribution in [0.1, 0.15) is 31.4 Å². The molecule has 1 aliphatic rings. The van der Waals surface area contributed by atoms with Crippen molar-refractivity contribution in [3.63, 3.8) is 0 Å². The molecule has 0 radical (unpaired) electrons. The van der Waals surface area contributed by atoms with Crippen molar-refractivity contribution in [2.75, 3.05) is 33.4 Å². The van der Waals surface area contributed by atoms with Gasteiger partial charge in [-0.2, -0.15) is 0 Å². The molecule has 0 atom stereocenters. The summed E-state index contributed by atoms with van der Waals surface area (Å²) >= 11 is 0. The quantitative estimate of drug-likeness (QED) is 0.408. The number of carbonyl (C=O) groups excluding carboxylic acids is 2. The summed E-state index contributed by atoms with van der Waals surface area (Å²) in [6.45, 7) is 6.41. The molecule has 6 nitrogen and oxygen atoms in total. The Morgan fingerprint density at radius 3 is 2.26 bits per heavy atom. The number of nitrogens with zero attached hydrogens (tertiary/aromatic N) is 2. The Morgan fingerprint density at radius 2 is 1.61 bits per heavy atom. The first kappa shape index (κ1) is 22.6. The molecule has 0 bridgehead atoms. The lowest BCUT2D eigenvalue weighted by molar-refractivity contribution is -0.137. The van der Waals surface area contributed by atoms with Crippen LogP contribution in [-0.4, -0.2) is 55.0 Å². The summed E-state index contributed by atoms with van der Waals surface area (Å²) in [5.74, 6) is 0.209. The molecular weight excluding hydrogens is 392 g/mol. The highest BCUT2D eigenvalue weighted by Gasteiger charge is 2.40.